The second kappa shape index (κ2) is 12.0. The van der Waals surface area contributed by atoms with Crippen LogP contribution in [0.15, 0.2) is 66.7 Å². The Morgan fingerprint density at radius 2 is 1.26 bits per heavy atom. The lowest BCUT2D eigenvalue weighted by Gasteiger charge is -2.15. The molecule has 0 saturated heterocycles. The van der Waals surface area contributed by atoms with Gasteiger partial charge in [-0.3, -0.25) is 20.4 Å². The van der Waals surface area contributed by atoms with Gasteiger partial charge in [-0.15, -0.1) is 0 Å². The molecule has 0 aliphatic heterocycles. The number of nitrogens with one attached hydrogen (secondary N) is 2. The summed E-state index contributed by atoms with van der Waals surface area (Å²) in [6.07, 6.45) is 0. The molecule has 0 fully saturated rings. The lowest BCUT2D eigenvalue weighted by molar-refractivity contribution is 0.0843. The number of hydrazine groups is 1. The maximum Gasteiger partial charge on any atom is 0.273 e. The maximum absolute atomic E-state index is 12.7. The molecular formula is C25H26N2O7. The summed E-state index contributed by atoms with van der Waals surface area (Å²) in [6, 6.07) is 19.0. The fourth-order valence-corrected chi connectivity index (χ4v) is 3.07. The van der Waals surface area contributed by atoms with Crippen LogP contribution in [-0.2, 0) is 0 Å². The van der Waals surface area contributed by atoms with Crippen LogP contribution < -0.4 is 34.5 Å². The summed E-state index contributed by atoms with van der Waals surface area (Å²) < 4.78 is 27.1. The number of amides is 2. The van der Waals surface area contributed by atoms with E-state index in [1.54, 1.807) is 24.3 Å². The first-order chi connectivity index (χ1) is 16.6. The molecule has 0 aliphatic rings. The van der Waals surface area contributed by atoms with Gasteiger partial charge in [0.25, 0.3) is 11.8 Å². The highest BCUT2D eigenvalue weighted by Gasteiger charge is 2.18. The highest BCUT2D eigenvalue weighted by Crippen LogP contribution is 2.38. The van der Waals surface area contributed by atoms with E-state index in [4.69, 9.17) is 23.7 Å². The number of ether oxygens (including phenoxy) is 5. The number of rotatable bonds is 10. The Balaban J connectivity index is 1.60. The Bertz CT molecular complexity index is 1090. The molecule has 2 amide bonds. The summed E-state index contributed by atoms with van der Waals surface area (Å²) in [5.74, 6) is 0.963. The van der Waals surface area contributed by atoms with E-state index in [9.17, 15) is 9.59 Å². The summed E-state index contributed by atoms with van der Waals surface area (Å²) in [6.45, 7) is 0.537. The molecule has 9 heteroatoms. The number of para-hydroxylation sites is 2. The number of hydrogen-bond acceptors (Lipinski definition) is 7. The van der Waals surface area contributed by atoms with Crippen molar-refractivity contribution in [2.75, 3.05) is 34.5 Å². The van der Waals surface area contributed by atoms with E-state index in [1.165, 1.54) is 33.5 Å². The normalized spacial score (nSPS) is 10.1. The van der Waals surface area contributed by atoms with Gasteiger partial charge < -0.3 is 23.7 Å². The molecule has 0 spiro atoms. The van der Waals surface area contributed by atoms with E-state index in [0.717, 1.165) is 5.75 Å². The average Bonchev–Trinajstić information content (AvgIpc) is 2.89. The van der Waals surface area contributed by atoms with Crippen LogP contribution in [0, 0.1) is 0 Å². The quantitative estimate of drug-likeness (QED) is 0.349. The first-order valence-corrected chi connectivity index (χ1v) is 10.4. The monoisotopic (exact) mass is 466 g/mol. The predicted octanol–water partition coefficient (Wildman–Crippen LogP) is 3.25. The minimum Gasteiger partial charge on any atom is -0.493 e. The van der Waals surface area contributed by atoms with E-state index in [0.29, 0.717) is 29.6 Å². The van der Waals surface area contributed by atoms with Gasteiger partial charge in [-0.25, -0.2) is 0 Å². The summed E-state index contributed by atoms with van der Waals surface area (Å²) >= 11 is 0. The number of carbonyl (C=O) groups is 2. The molecule has 2 N–H and O–H groups in total. The van der Waals surface area contributed by atoms with Crippen LogP contribution in [0.3, 0.4) is 0 Å². The molecule has 0 aromatic heterocycles. The zero-order valence-corrected chi connectivity index (χ0v) is 19.1. The molecule has 0 radical (unpaired) electrons. The molecule has 3 aromatic carbocycles. The van der Waals surface area contributed by atoms with Gasteiger partial charge in [0.2, 0.25) is 5.75 Å². The summed E-state index contributed by atoms with van der Waals surface area (Å²) in [5.41, 5.74) is 5.24. The largest absolute Gasteiger partial charge is 0.493 e. The number of hydrogen-bond donors (Lipinski definition) is 2. The van der Waals surface area contributed by atoms with Crippen LogP contribution in [0.2, 0.25) is 0 Å². The SMILES string of the molecule is COc1cc(C(=O)NNC(=O)c2ccccc2OCCOc2ccccc2)cc(OC)c1OC. The van der Waals surface area contributed by atoms with Crippen molar-refractivity contribution in [1.82, 2.24) is 10.9 Å². The van der Waals surface area contributed by atoms with Gasteiger partial charge in [0.1, 0.15) is 24.7 Å². The van der Waals surface area contributed by atoms with E-state index in [2.05, 4.69) is 10.9 Å². The number of methoxy groups -OCH3 is 3. The molecule has 0 aliphatic carbocycles. The predicted molar refractivity (Wildman–Crippen MR) is 125 cm³/mol. The van der Waals surface area contributed by atoms with E-state index in [1.807, 2.05) is 30.3 Å². The minimum atomic E-state index is -0.567. The van der Waals surface area contributed by atoms with Crippen LogP contribution in [-0.4, -0.2) is 46.4 Å². The minimum absolute atomic E-state index is 0.206. The van der Waals surface area contributed by atoms with Crippen molar-refractivity contribution in [3.63, 3.8) is 0 Å². The molecule has 3 aromatic rings. The van der Waals surface area contributed by atoms with Gasteiger partial charge in [-0.1, -0.05) is 30.3 Å². The van der Waals surface area contributed by atoms with Crippen LogP contribution in [0.1, 0.15) is 20.7 Å². The topological polar surface area (TPSA) is 104 Å². The maximum atomic E-state index is 12.7. The zero-order valence-electron chi connectivity index (χ0n) is 19.1. The Morgan fingerprint density at radius 1 is 0.676 bits per heavy atom. The Labute approximate surface area is 197 Å². The van der Waals surface area contributed by atoms with Crippen molar-refractivity contribution < 1.29 is 33.3 Å². The van der Waals surface area contributed by atoms with Gasteiger partial charge in [-0.2, -0.15) is 0 Å². The van der Waals surface area contributed by atoms with Gasteiger partial charge in [0.15, 0.2) is 11.5 Å². The molecule has 0 bridgehead atoms. The highest BCUT2D eigenvalue weighted by atomic mass is 16.5. The molecule has 0 atom stereocenters. The van der Waals surface area contributed by atoms with Crippen LogP contribution >= 0.6 is 0 Å². The lowest BCUT2D eigenvalue weighted by atomic mass is 10.1. The van der Waals surface area contributed by atoms with E-state index >= 15 is 0 Å². The molecule has 9 nitrogen and oxygen atoms in total. The van der Waals surface area contributed by atoms with Gasteiger partial charge in [-0.05, 0) is 36.4 Å². The first kappa shape index (κ1) is 24.2. The lowest BCUT2D eigenvalue weighted by Crippen LogP contribution is -2.41. The molecule has 0 saturated carbocycles. The van der Waals surface area contributed by atoms with Gasteiger partial charge >= 0.3 is 0 Å². The van der Waals surface area contributed by atoms with Crippen molar-refractivity contribution in [1.29, 1.82) is 0 Å². The molecule has 0 heterocycles. The van der Waals surface area contributed by atoms with Crippen LogP contribution in [0.25, 0.3) is 0 Å². The third-order valence-corrected chi connectivity index (χ3v) is 4.70. The van der Waals surface area contributed by atoms with Gasteiger partial charge in [0, 0.05) is 5.56 Å². The van der Waals surface area contributed by atoms with Crippen molar-refractivity contribution in [3.8, 4) is 28.7 Å². The second-order valence-electron chi connectivity index (χ2n) is 6.83. The first-order valence-electron chi connectivity index (χ1n) is 10.4. The van der Waals surface area contributed by atoms with Crippen molar-refractivity contribution in [2.45, 2.75) is 0 Å². The third-order valence-electron chi connectivity index (χ3n) is 4.70. The highest BCUT2D eigenvalue weighted by molar-refractivity contribution is 6.01. The Hall–Kier alpha value is -4.40. The molecule has 3 rings (SSSR count). The zero-order chi connectivity index (χ0) is 24.3. The van der Waals surface area contributed by atoms with Crippen LogP contribution in [0.5, 0.6) is 28.7 Å². The molecular weight excluding hydrogens is 440 g/mol. The second-order valence-corrected chi connectivity index (χ2v) is 6.83. The Morgan fingerprint density at radius 3 is 1.91 bits per heavy atom. The van der Waals surface area contributed by atoms with E-state index < -0.39 is 11.8 Å². The van der Waals surface area contributed by atoms with Crippen LogP contribution in [0.4, 0.5) is 0 Å². The molecule has 178 valence electrons. The van der Waals surface area contributed by atoms with Crippen molar-refractivity contribution >= 4 is 11.8 Å². The molecule has 34 heavy (non-hydrogen) atoms. The number of carbonyl (C=O) groups excluding carboxylic acids is 2. The molecule has 0 unspecified atom stereocenters. The van der Waals surface area contributed by atoms with Crippen molar-refractivity contribution in [3.05, 3.63) is 77.9 Å². The Kier molecular flexibility index (Phi) is 8.56. The number of benzene rings is 3. The standard InChI is InChI=1S/C25H26N2O7/c1-30-21-15-17(16-22(31-2)23(21)32-3)24(28)26-27-25(29)19-11-7-8-12-20(19)34-14-13-33-18-9-5-4-6-10-18/h4-12,15-16H,13-14H2,1-3H3,(H,26,28)(H,27,29). The fourth-order valence-electron chi connectivity index (χ4n) is 3.07. The third kappa shape index (κ3) is 6.10. The smallest absolute Gasteiger partial charge is 0.273 e. The summed E-state index contributed by atoms with van der Waals surface area (Å²) in [4.78, 5) is 25.3. The summed E-state index contributed by atoms with van der Waals surface area (Å²) in [5, 5.41) is 0. The van der Waals surface area contributed by atoms with Crippen molar-refractivity contribution in [2.24, 2.45) is 0 Å². The fraction of sp³-hybridized carbons (Fsp3) is 0.200. The van der Waals surface area contributed by atoms with Gasteiger partial charge in [0.05, 0.1) is 26.9 Å². The van der Waals surface area contributed by atoms with E-state index in [-0.39, 0.29) is 17.7 Å². The summed E-state index contributed by atoms with van der Waals surface area (Å²) in [7, 11) is 4.36. The average molecular weight is 466 g/mol.